The first-order chi connectivity index (χ1) is 17.0. The number of benzene rings is 1. The Morgan fingerprint density at radius 3 is 2.69 bits per heavy atom. The van der Waals surface area contributed by atoms with Crippen LogP contribution in [0.4, 0.5) is 4.79 Å². The molecule has 3 aromatic rings. The number of methoxy groups -OCH3 is 2. The number of urea groups is 1. The number of piperidine rings is 1. The van der Waals surface area contributed by atoms with Gasteiger partial charge in [-0.05, 0) is 37.5 Å². The van der Waals surface area contributed by atoms with Crippen LogP contribution >= 0.6 is 11.3 Å². The molecule has 0 radical (unpaired) electrons. The van der Waals surface area contributed by atoms with E-state index in [1.54, 1.807) is 30.5 Å². The fraction of sp³-hybridized carbons (Fsp3) is 0.480. The third kappa shape index (κ3) is 4.19. The van der Waals surface area contributed by atoms with Crippen molar-refractivity contribution in [1.29, 1.82) is 0 Å². The standard InChI is InChI=1S/C25H31N5O4S/c1-18-21(28-12-14-35-23(28)26-18)17-27-9-7-25(8-10-27)22(31)29(24(32)30(25)11-13-33-2)16-19-5-4-6-20(15-19)34-3/h4-6,12,14-15H,7-11,13,16-17H2,1-3H3. The molecular weight excluding hydrogens is 466 g/mol. The lowest BCUT2D eigenvalue weighted by Crippen LogP contribution is -2.57. The van der Waals surface area contributed by atoms with E-state index in [0.29, 0.717) is 31.7 Å². The highest BCUT2D eigenvalue weighted by molar-refractivity contribution is 7.15. The number of carbonyl (C=O) groups excluding carboxylic acids is 2. The average Bonchev–Trinajstić information content (AvgIpc) is 3.49. The van der Waals surface area contributed by atoms with Gasteiger partial charge in [-0.1, -0.05) is 12.1 Å². The molecule has 2 aromatic heterocycles. The van der Waals surface area contributed by atoms with E-state index in [4.69, 9.17) is 9.47 Å². The van der Waals surface area contributed by atoms with Gasteiger partial charge in [0, 0.05) is 44.9 Å². The summed E-state index contributed by atoms with van der Waals surface area (Å²) in [6.07, 6.45) is 3.25. The van der Waals surface area contributed by atoms with E-state index in [9.17, 15) is 9.59 Å². The van der Waals surface area contributed by atoms with Gasteiger partial charge < -0.3 is 14.4 Å². The lowest BCUT2D eigenvalue weighted by Gasteiger charge is -2.42. The molecular formula is C25H31N5O4S. The van der Waals surface area contributed by atoms with E-state index in [2.05, 4.69) is 20.5 Å². The van der Waals surface area contributed by atoms with Crippen LogP contribution in [0, 0.1) is 6.92 Å². The number of fused-ring (bicyclic) bond motifs is 1. The van der Waals surface area contributed by atoms with Gasteiger partial charge in [-0.2, -0.15) is 0 Å². The zero-order chi connectivity index (χ0) is 24.6. The number of thiazole rings is 1. The number of aryl methyl sites for hydroxylation is 1. The number of ether oxygens (including phenoxy) is 2. The largest absolute Gasteiger partial charge is 0.497 e. The molecule has 10 heteroatoms. The molecule has 0 aliphatic carbocycles. The summed E-state index contributed by atoms with van der Waals surface area (Å²) in [6, 6.07) is 7.27. The van der Waals surface area contributed by atoms with Gasteiger partial charge in [0.2, 0.25) is 0 Å². The second-order valence-corrected chi connectivity index (χ2v) is 10.1. The summed E-state index contributed by atoms with van der Waals surface area (Å²) in [7, 11) is 3.22. The molecule has 0 atom stereocenters. The van der Waals surface area contributed by atoms with E-state index < -0.39 is 5.54 Å². The van der Waals surface area contributed by atoms with Gasteiger partial charge >= 0.3 is 6.03 Å². The summed E-state index contributed by atoms with van der Waals surface area (Å²) in [5.74, 6) is 0.595. The molecule has 35 heavy (non-hydrogen) atoms. The van der Waals surface area contributed by atoms with Crippen LogP contribution in [0.1, 0.15) is 29.8 Å². The molecule has 2 fully saturated rings. The number of nitrogens with zero attached hydrogens (tertiary/aromatic N) is 5. The number of amides is 3. The molecule has 0 N–H and O–H groups in total. The minimum atomic E-state index is -0.824. The van der Waals surface area contributed by atoms with Gasteiger partial charge in [-0.15, -0.1) is 11.3 Å². The fourth-order valence-electron chi connectivity index (χ4n) is 5.28. The van der Waals surface area contributed by atoms with E-state index in [1.807, 2.05) is 36.6 Å². The number of aromatic nitrogens is 2. The van der Waals surface area contributed by atoms with Crippen molar-refractivity contribution in [2.45, 2.75) is 38.4 Å². The highest BCUT2D eigenvalue weighted by Crippen LogP contribution is 2.38. The fourth-order valence-corrected chi connectivity index (χ4v) is 6.05. The van der Waals surface area contributed by atoms with Crippen LogP contribution in [0.3, 0.4) is 0 Å². The Kier molecular flexibility index (Phi) is 6.52. The van der Waals surface area contributed by atoms with Crippen LogP contribution in [0.5, 0.6) is 5.75 Å². The maximum absolute atomic E-state index is 13.8. The normalized spacial score (nSPS) is 18.4. The molecule has 0 saturated carbocycles. The van der Waals surface area contributed by atoms with Crippen LogP contribution in [0.2, 0.25) is 0 Å². The lowest BCUT2D eigenvalue weighted by molar-refractivity contribution is -0.136. The maximum atomic E-state index is 13.8. The molecule has 2 aliphatic heterocycles. The lowest BCUT2D eigenvalue weighted by atomic mass is 9.85. The van der Waals surface area contributed by atoms with Crippen LogP contribution in [0.25, 0.3) is 4.96 Å². The topological polar surface area (TPSA) is 79.6 Å². The Bertz CT molecular complexity index is 1230. The molecule has 186 valence electrons. The molecule has 2 aliphatic rings. The summed E-state index contributed by atoms with van der Waals surface area (Å²) in [5.41, 5.74) is 2.26. The molecule has 1 spiro atoms. The molecule has 1 aromatic carbocycles. The minimum absolute atomic E-state index is 0.109. The van der Waals surface area contributed by atoms with Gasteiger partial charge in [0.05, 0.1) is 31.6 Å². The number of imide groups is 1. The van der Waals surface area contributed by atoms with E-state index in [1.165, 1.54) is 10.6 Å². The predicted molar refractivity (Wildman–Crippen MR) is 133 cm³/mol. The first-order valence-electron chi connectivity index (χ1n) is 11.9. The zero-order valence-corrected chi connectivity index (χ0v) is 21.2. The van der Waals surface area contributed by atoms with Crippen molar-refractivity contribution >= 4 is 28.2 Å². The van der Waals surface area contributed by atoms with Crippen LogP contribution in [0.15, 0.2) is 35.8 Å². The highest BCUT2D eigenvalue weighted by atomic mass is 32.1. The Morgan fingerprint density at radius 2 is 1.94 bits per heavy atom. The number of rotatable bonds is 8. The van der Waals surface area contributed by atoms with Crippen molar-refractivity contribution < 1.29 is 19.1 Å². The third-order valence-electron chi connectivity index (χ3n) is 7.23. The molecule has 0 unspecified atom stereocenters. The molecule has 3 amide bonds. The zero-order valence-electron chi connectivity index (χ0n) is 20.4. The van der Waals surface area contributed by atoms with Gasteiger partial charge in [-0.25, -0.2) is 9.78 Å². The summed E-state index contributed by atoms with van der Waals surface area (Å²) in [6.45, 7) is 5.29. The molecule has 9 nitrogen and oxygen atoms in total. The summed E-state index contributed by atoms with van der Waals surface area (Å²) in [5, 5.41) is 2.05. The van der Waals surface area contributed by atoms with Crippen molar-refractivity contribution in [3.05, 3.63) is 52.8 Å². The molecule has 0 bridgehead atoms. The molecule has 2 saturated heterocycles. The second-order valence-electron chi connectivity index (χ2n) is 9.18. The Labute approximate surface area is 208 Å². The van der Waals surface area contributed by atoms with E-state index >= 15 is 0 Å². The smallest absolute Gasteiger partial charge is 0.328 e. The van der Waals surface area contributed by atoms with Gasteiger partial charge in [0.15, 0.2) is 4.96 Å². The number of likely N-dealkylation sites (tertiary alicyclic amines) is 1. The van der Waals surface area contributed by atoms with Gasteiger partial charge in [-0.3, -0.25) is 19.0 Å². The summed E-state index contributed by atoms with van der Waals surface area (Å²) in [4.78, 5) is 38.4. The second kappa shape index (κ2) is 9.60. The summed E-state index contributed by atoms with van der Waals surface area (Å²) >= 11 is 1.63. The quantitative estimate of drug-likeness (QED) is 0.445. The Balaban J connectivity index is 1.34. The number of carbonyl (C=O) groups is 2. The van der Waals surface area contributed by atoms with Gasteiger partial charge in [0.25, 0.3) is 5.91 Å². The van der Waals surface area contributed by atoms with E-state index in [0.717, 1.165) is 35.9 Å². The van der Waals surface area contributed by atoms with Gasteiger partial charge in [0.1, 0.15) is 11.3 Å². The summed E-state index contributed by atoms with van der Waals surface area (Å²) < 4.78 is 12.7. The SMILES string of the molecule is COCCN1C(=O)N(Cc2cccc(OC)c2)C(=O)C12CCN(Cc1c(C)nc3sccn13)CC2. The predicted octanol–water partition coefficient (Wildman–Crippen LogP) is 3.16. The van der Waals surface area contributed by atoms with Crippen LogP contribution in [-0.4, -0.2) is 82.0 Å². The minimum Gasteiger partial charge on any atom is -0.497 e. The first-order valence-corrected chi connectivity index (χ1v) is 12.7. The monoisotopic (exact) mass is 497 g/mol. The van der Waals surface area contributed by atoms with Crippen molar-refractivity contribution in [1.82, 2.24) is 24.1 Å². The van der Waals surface area contributed by atoms with Crippen molar-refractivity contribution in [2.24, 2.45) is 0 Å². The van der Waals surface area contributed by atoms with Crippen molar-refractivity contribution in [3.8, 4) is 5.75 Å². The number of imidazole rings is 1. The molecule has 4 heterocycles. The first kappa shape index (κ1) is 23.8. The van der Waals surface area contributed by atoms with Crippen molar-refractivity contribution in [3.63, 3.8) is 0 Å². The van der Waals surface area contributed by atoms with Crippen LogP contribution in [-0.2, 0) is 22.6 Å². The van der Waals surface area contributed by atoms with E-state index in [-0.39, 0.29) is 18.5 Å². The number of hydrogen-bond acceptors (Lipinski definition) is 7. The Hall–Kier alpha value is -2.95. The molecule has 5 rings (SSSR count). The van der Waals surface area contributed by atoms with Crippen LogP contribution < -0.4 is 4.74 Å². The number of hydrogen-bond donors (Lipinski definition) is 0. The maximum Gasteiger partial charge on any atom is 0.328 e. The van der Waals surface area contributed by atoms with Crippen molar-refractivity contribution in [2.75, 3.05) is 40.5 Å². The average molecular weight is 498 g/mol. The highest BCUT2D eigenvalue weighted by Gasteiger charge is 2.57. The Morgan fingerprint density at radius 1 is 1.14 bits per heavy atom. The third-order valence-corrected chi connectivity index (χ3v) is 7.99.